The Bertz CT molecular complexity index is 203. The molecule has 0 N–H and O–H groups in total. The van der Waals surface area contributed by atoms with Gasteiger partial charge >= 0.3 is 5.97 Å². The highest BCUT2D eigenvalue weighted by atomic mass is 16.5. The fourth-order valence-corrected chi connectivity index (χ4v) is 2.60. The highest BCUT2D eigenvalue weighted by Crippen LogP contribution is 2.42. The lowest BCUT2D eigenvalue weighted by molar-refractivity contribution is -0.150. The first-order chi connectivity index (χ1) is 6.46. The summed E-state index contributed by atoms with van der Waals surface area (Å²) in [6.45, 7) is 6.66. The average Bonchev–Trinajstić information content (AvgIpc) is 2.15. The number of methoxy groups -OCH3 is 1. The minimum atomic E-state index is -0.00961. The number of hydrogen-bond donors (Lipinski definition) is 0. The number of hydrogen-bond acceptors (Lipinski definition) is 2. The molecule has 2 heteroatoms. The molecule has 2 nitrogen and oxygen atoms in total. The molecule has 0 aromatic heterocycles. The molecular weight excluding hydrogens is 176 g/mol. The zero-order valence-electron chi connectivity index (χ0n) is 9.80. The fraction of sp³-hybridized carbons (Fsp3) is 0.917. The van der Waals surface area contributed by atoms with Crippen molar-refractivity contribution in [3.63, 3.8) is 0 Å². The molecule has 0 amide bonds. The van der Waals surface area contributed by atoms with Crippen LogP contribution in [-0.4, -0.2) is 13.1 Å². The molecule has 0 radical (unpaired) electrons. The lowest BCUT2D eigenvalue weighted by atomic mass is 9.66. The van der Waals surface area contributed by atoms with Gasteiger partial charge in [0.05, 0.1) is 13.0 Å². The maximum atomic E-state index is 11.6. The Morgan fingerprint density at radius 2 is 1.79 bits per heavy atom. The standard InChI is InChI=1S/C12H22O2/c1-12(2,3)10-8-6-5-7-9(10)11(13)14-4/h9-10H,5-8H2,1-4H3. The summed E-state index contributed by atoms with van der Waals surface area (Å²) in [5.74, 6) is 0.613. The largest absolute Gasteiger partial charge is 0.469 e. The SMILES string of the molecule is COC(=O)C1CCCCC1C(C)(C)C. The monoisotopic (exact) mass is 198 g/mol. The van der Waals surface area contributed by atoms with Gasteiger partial charge in [0.25, 0.3) is 0 Å². The van der Waals surface area contributed by atoms with Crippen LogP contribution in [0.3, 0.4) is 0 Å². The Morgan fingerprint density at radius 3 is 2.29 bits per heavy atom. The summed E-state index contributed by atoms with van der Waals surface area (Å²) in [5, 5.41) is 0. The number of carbonyl (C=O) groups excluding carboxylic acids is 1. The van der Waals surface area contributed by atoms with E-state index in [1.165, 1.54) is 26.4 Å². The van der Waals surface area contributed by atoms with Gasteiger partial charge in [0.15, 0.2) is 0 Å². The molecule has 1 aliphatic rings. The Morgan fingerprint density at radius 1 is 1.21 bits per heavy atom. The third kappa shape index (κ3) is 2.49. The lowest BCUT2D eigenvalue weighted by Crippen LogP contribution is -2.36. The first-order valence-electron chi connectivity index (χ1n) is 5.54. The van der Waals surface area contributed by atoms with Crippen LogP contribution >= 0.6 is 0 Å². The summed E-state index contributed by atoms with van der Waals surface area (Å²) in [7, 11) is 1.50. The first-order valence-corrected chi connectivity index (χ1v) is 5.54. The number of ether oxygens (including phenoxy) is 1. The van der Waals surface area contributed by atoms with E-state index in [1.807, 2.05) is 0 Å². The van der Waals surface area contributed by atoms with Gasteiger partial charge in [-0.2, -0.15) is 0 Å². The van der Waals surface area contributed by atoms with Crippen LogP contribution < -0.4 is 0 Å². The van der Waals surface area contributed by atoms with Crippen molar-refractivity contribution in [2.45, 2.75) is 46.5 Å². The zero-order valence-corrected chi connectivity index (χ0v) is 9.80. The topological polar surface area (TPSA) is 26.3 Å². The average molecular weight is 198 g/mol. The molecule has 1 fully saturated rings. The van der Waals surface area contributed by atoms with Gasteiger partial charge in [-0.1, -0.05) is 33.6 Å². The van der Waals surface area contributed by atoms with Gasteiger partial charge in [-0.05, 0) is 24.2 Å². The van der Waals surface area contributed by atoms with E-state index in [0.717, 1.165) is 6.42 Å². The second kappa shape index (κ2) is 4.33. The Labute approximate surface area is 87.0 Å². The van der Waals surface area contributed by atoms with Crippen LogP contribution in [0.4, 0.5) is 0 Å². The second-order valence-corrected chi connectivity index (χ2v) is 5.39. The van der Waals surface area contributed by atoms with Crippen molar-refractivity contribution in [2.24, 2.45) is 17.3 Å². The van der Waals surface area contributed by atoms with Crippen LogP contribution in [0.2, 0.25) is 0 Å². The summed E-state index contributed by atoms with van der Waals surface area (Å²) in [5.41, 5.74) is 0.222. The van der Waals surface area contributed by atoms with Gasteiger partial charge in [-0.25, -0.2) is 0 Å². The third-order valence-electron chi connectivity index (χ3n) is 3.38. The predicted molar refractivity (Wildman–Crippen MR) is 56.9 cm³/mol. The Balaban J connectivity index is 2.74. The molecule has 0 bridgehead atoms. The Hall–Kier alpha value is -0.530. The quantitative estimate of drug-likeness (QED) is 0.605. The van der Waals surface area contributed by atoms with Gasteiger partial charge in [0.2, 0.25) is 0 Å². The third-order valence-corrected chi connectivity index (χ3v) is 3.38. The van der Waals surface area contributed by atoms with Crippen LogP contribution in [0.25, 0.3) is 0 Å². The molecule has 2 unspecified atom stereocenters. The second-order valence-electron chi connectivity index (χ2n) is 5.39. The number of rotatable bonds is 1. The molecule has 14 heavy (non-hydrogen) atoms. The molecule has 0 aromatic rings. The predicted octanol–water partition coefficient (Wildman–Crippen LogP) is 3.01. The highest BCUT2D eigenvalue weighted by molar-refractivity contribution is 5.72. The van der Waals surface area contributed by atoms with E-state index in [4.69, 9.17) is 4.74 Å². The number of esters is 1. The van der Waals surface area contributed by atoms with Gasteiger partial charge in [-0.3, -0.25) is 4.79 Å². The van der Waals surface area contributed by atoms with Crippen LogP contribution in [0.1, 0.15) is 46.5 Å². The van der Waals surface area contributed by atoms with E-state index in [2.05, 4.69) is 20.8 Å². The molecule has 0 spiro atoms. The minimum Gasteiger partial charge on any atom is -0.469 e. The van der Waals surface area contributed by atoms with E-state index in [9.17, 15) is 4.79 Å². The van der Waals surface area contributed by atoms with Crippen molar-refractivity contribution in [3.05, 3.63) is 0 Å². The molecule has 1 aliphatic carbocycles. The molecule has 2 atom stereocenters. The van der Waals surface area contributed by atoms with E-state index < -0.39 is 0 Å². The maximum absolute atomic E-state index is 11.6. The van der Waals surface area contributed by atoms with E-state index >= 15 is 0 Å². The molecule has 0 heterocycles. The van der Waals surface area contributed by atoms with E-state index in [0.29, 0.717) is 5.92 Å². The summed E-state index contributed by atoms with van der Waals surface area (Å²) < 4.78 is 4.88. The Kier molecular flexibility index (Phi) is 3.57. The van der Waals surface area contributed by atoms with Crippen molar-refractivity contribution in [3.8, 4) is 0 Å². The molecule has 0 saturated heterocycles. The molecule has 0 aromatic carbocycles. The van der Waals surface area contributed by atoms with Gasteiger partial charge in [-0.15, -0.1) is 0 Å². The summed E-state index contributed by atoms with van der Waals surface area (Å²) in [6, 6.07) is 0. The van der Waals surface area contributed by atoms with Crippen LogP contribution in [0.5, 0.6) is 0 Å². The summed E-state index contributed by atoms with van der Waals surface area (Å²) in [6.07, 6.45) is 4.61. The maximum Gasteiger partial charge on any atom is 0.308 e. The lowest BCUT2D eigenvalue weighted by Gasteiger charge is -2.38. The molecule has 82 valence electrons. The zero-order chi connectivity index (χ0) is 10.8. The minimum absolute atomic E-state index is 0.00961. The van der Waals surface area contributed by atoms with E-state index in [-0.39, 0.29) is 17.3 Å². The van der Waals surface area contributed by atoms with Crippen LogP contribution in [-0.2, 0) is 9.53 Å². The van der Waals surface area contributed by atoms with Crippen LogP contribution in [0.15, 0.2) is 0 Å². The first kappa shape index (κ1) is 11.5. The normalized spacial score (nSPS) is 28.6. The molecule has 0 aliphatic heterocycles. The molecule has 1 rings (SSSR count). The van der Waals surface area contributed by atoms with Crippen molar-refractivity contribution in [1.82, 2.24) is 0 Å². The summed E-state index contributed by atoms with van der Waals surface area (Å²) in [4.78, 5) is 11.6. The van der Waals surface area contributed by atoms with Gasteiger partial charge in [0, 0.05) is 0 Å². The molecular formula is C12H22O2. The molecule has 1 saturated carbocycles. The van der Waals surface area contributed by atoms with Gasteiger partial charge < -0.3 is 4.74 Å². The number of carbonyl (C=O) groups is 1. The summed E-state index contributed by atoms with van der Waals surface area (Å²) >= 11 is 0. The van der Waals surface area contributed by atoms with Crippen LogP contribution in [0, 0.1) is 17.3 Å². The smallest absolute Gasteiger partial charge is 0.308 e. The van der Waals surface area contributed by atoms with Crippen molar-refractivity contribution < 1.29 is 9.53 Å². The van der Waals surface area contributed by atoms with E-state index in [1.54, 1.807) is 0 Å². The van der Waals surface area contributed by atoms with Crippen molar-refractivity contribution in [1.29, 1.82) is 0 Å². The fourth-order valence-electron chi connectivity index (χ4n) is 2.60. The highest BCUT2D eigenvalue weighted by Gasteiger charge is 2.38. The van der Waals surface area contributed by atoms with Crippen molar-refractivity contribution in [2.75, 3.05) is 7.11 Å². The van der Waals surface area contributed by atoms with Crippen molar-refractivity contribution >= 4 is 5.97 Å². The van der Waals surface area contributed by atoms with Gasteiger partial charge in [0.1, 0.15) is 0 Å².